The molecule has 3 unspecified atom stereocenters. The number of anilines is 1. The quantitative estimate of drug-likeness (QED) is 0.383. The highest BCUT2D eigenvalue weighted by molar-refractivity contribution is 6.02. The summed E-state index contributed by atoms with van der Waals surface area (Å²) in [6.45, 7) is 7.16. The molecule has 36 heavy (non-hydrogen) atoms. The lowest BCUT2D eigenvalue weighted by Gasteiger charge is -2.36. The minimum absolute atomic E-state index is 0.0119. The van der Waals surface area contributed by atoms with Gasteiger partial charge in [-0.1, -0.05) is 44.9 Å². The van der Waals surface area contributed by atoms with E-state index in [-0.39, 0.29) is 30.2 Å². The molecule has 1 aromatic carbocycles. The summed E-state index contributed by atoms with van der Waals surface area (Å²) in [5.41, 5.74) is -1.18. The summed E-state index contributed by atoms with van der Waals surface area (Å²) in [5.74, 6) is -1.97. The second kappa shape index (κ2) is 10.9. The van der Waals surface area contributed by atoms with Crippen LogP contribution in [0.15, 0.2) is 30.3 Å². The van der Waals surface area contributed by atoms with Crippen LogP contribution < -0.4 is 10.6 Å². The Morgan fingerprint density at radius 3 is 2.56 bits per heavy atom. The molecule has 1 spiro atoms. The van der Waals surface area contributed by atoms with Crippen molar-refractivity contribution in [2.45, 2.75) is 83.0 Å². The van der Waals surface area contributed by atoms with Gasteiger partial charge in [-0.15, -0.1) is 0 Å². The first-order valence-corrected chi connectivity index (χ1v) is 13.5. The SMILES string of the molecule is CCCCCNC(=O)C1N(CCCCCO)C(=O)[C@@H]2[C@@H](C(=O)Nc3ccccc3)[C@]3(C)OC12CC3C. The van der Waals surface area contributed by atoms with E-state index in [0.717, 1.165) is 25.7 Å². The number of carbonyl (C=O) groups excluding carboxylic acids is 3. The Balaban J connectivity index is 1.64. The van der Waals surface area contributed by atoms with Crippen molar-refractivity contribution in [1.29, 1.82) is 0 Å². The van der Waals surface area contributed by atoms with Crippen LogP contribution in [-0.4, -0.2) is 64.7 Å². The average Bonchev–Trinajstić information content (AvgIpc) is 3.37. The first kappa shape index (κ1) is 26.6. The van der Waals surface area contributed by atoms with Gasteiger partial charge in [-0.05, 0) is 57.1 Å². The van der Waals surface area contributed by atoms with Gasteiger partial charge in [0.2, 0.25) is 17.7 Å². The van der Waals surface area contributed by atoms with Gasteiger partial charge >= 0.3 is 0 Å². The zero-order valence-corrected chi connectivity index (χ0v) is 21.8. The fourth-order valence-corrected chi connectivity index (χ4v) is 6.68. The van der Waals surface area contributed by atoms with Gasteiger partial charge < -0.3 is 25.4 Å². The first-order valence-electron chi connectivity index (χ1n) is 13.5. The number of aliphatic hydroxyl groups is 1. The number of rotatable bonds is 12. The molecule has 1 aromatic rings. The third-order valence-electron chi connectivity index (χ3n) is 8.52. The second-order valence-corrected chi connectivity index (χ2v) is 10.9. The summed E-state index contributed by atoms with van der Waals surface area (Å²) in [6, 6.07) is 8.48. The smallest absolute Gasteiger partial charge is 0.245 e. The van der Waals surface area contributed by atoms with Crippen molar-refractivity contribution in [2.24, 2.45) is 17.8 Å². The van der Waals surface area contributed by atoms with Crippen LogP contribution in [0, 0.1) is 17.8 Å². The summed E-state index contributed by atoms with van der Waals surface area (Å²) < 4.78 is 6.72. The van der Waals surface area contributed by atoms with E-state index in [2.05, 4.69) is 24.5 Å². The van der Waals surface area contributed by atoms with Gasteiger partial charge in [0, 0.05) is 25.4 Å². The number of nitrogens with zero attached hydrogens (tertiary/aromatic N) is 1. The third-order valence-corrected chi connectivity index (χ3v) is 8.52. The zero-order valence-electron chi connectivity index (χ0n) is 21.8. The molecule has 0 aliphatic carbocycles. The van der Waals surface area contributed by atoms with Crippen molar-refractivity contribution >= 4 is 23.4 Å². The lowest BCUT2D eigenvalue weighted by atomic mass is 9.62. The molecule has 4 rings (SSSR count). The number of amides is 3. The minimum Gasteiger partial charge on any atom is -0.396 e. The van der Waals surface area contributed by atoms with Crippen molar-refractivity contribution in [1.82, 2.24) is 10.2 Å². The van der Waals surface area contributed by atoms with Gasteiger partial charge in [-0.25, -0.2) is 0 Å². The largest absolute Gasteiger partial charge is 0.396 e. The standard InChI is InChI=1S/C28H41N3O5/c1-4-5-10-15-29-25(34)23-28-18-19(2)27(3,36-28)21(24(33)30-20-13-8-6-9-14-20)22(28)26(35)31(23)16-11-7-12-17-32/h6,8-9,13-14,19,21-23,32H,4-5,7,10-12,15-18H2,1-3H3,(H,29,34)(H,30,33)/t19?,21-,22-,23?,27+,28?/m0/s1. The lowest BCUT2D eigenvalue weighted by Crippen LogP contribution is -2.55. The summed E-state index contributed by atoms with van der Waals surface area (Å²) in [7, 11) is 0. The van der Waals surface area contributed by atoms with Crippen LogP contribution in [0.3, 0.4) is 0 Å². The average molecular weight is 500 g/mol. The molecule has 6 atom stereocenters. The van der Waals surface area contributed by atoms with E-state index >= 15 is 0 Å². The highest BCUT2D eigenvalue weighted by Crippen LogP contribution is 2.65. The molecule has 3 heterocycles. The maximum absolute atomic E-state index is 14.0. The predicted octanol–water partition coefficient (Wildman–Crippen LogP) is 3.10. The van der Waals surface area contributed by atoms with Crippen molar-refractivity contribution in [3.8, 4) is 0 Å². The topological polar surface area (TPSA) is 108 Å². The minimum atomic E-state index is -1.02. The van der Waals surface area contributed by atoms with E-state index in [1.807, 2.05) is 37.3 Å². The molecule has 2 bridgehead atoms. The Hall–Kier alpha value is -2.45. The van der Waals surface area contributed by atoms with Crippen molar-refractivity contribution < 1.29 is 24.2 Å². The zero-order chi connectivity index (χ0) is 25.9. The molecular formula is C28H41N3O5. The van der Waals surface area contributed by atoms with E-state index in [4.69, 9.17) is 4.74 Å². The summed E-state index contributed by atoms with van der Waals surface area (Å²) >= 11 is 0. The third kappa shape index (κ3) is 4.54. The molecule has 3 aliphatic rings. The molecule has 3 aliphatic heterocycles. The Labute approximate surface area is 214 Å². The fraction of sp³-hybridized carbons (Fsp3) is 0.679. The second-order valence-electron chi connectivity index (χ2n) is 10.9. The number of benzene rings is 1. The number of nitrogens with one attached hydrogen (secondary N) is 2. The molecule has 8 nitrogen and oxygen atoms in total. The van der Waals surface area contributed by atoms with Gasteiger partial charge in [-0.3, -0.25) is 14.4 Å². The van der Waals surface area contributed by atoms with Crippen LogP contribution in [0.1, 0.15) is 65.7 Å². The molecule has 3 fully saturated rings. The maximum Gasteiger partial charge on any atom is 0.245 e. The van der Waals surface area contributed by atoms with E-state index in [1.54, 1.807) is 4.90 Å². The van der Waals surface area contributed by atoms with E-state index < -0.39 is 29.1 Å². The Morgan fingerprint density at radius 1 is 1.11 bits per heavy atom. The molecule has 0 radical (unpaired) electrons. The molecule has 0 aromatic heterocycles. The number of hydrogen-bond acceptors (Lipinski definition) is 5. The number of aliphatic hydroxyl groups excluding tert-OH is 1. The van der Waals surface area contributed by atoms with Gasteiger partial charge in [0.05, 0.1) is 17.4 Å². The Morgan fingerprint density at radius 2 is 1.86 bits per heavy atom. The molecular weight excluding hydrogens is 458 g/mol. The van der Waals surface area contributed by atoms with Crippen LogP contribution in [0.2, 0.25) is 0 Å². The molecule has 3 N–H and O–H groups in total. The van der Waals surface area contributed by atoms with Crippen LogP contribution >= 0.6 is 0 Å². The molecule has 0 saturated carbocycles. The number of unbranched alkanes of at least 4 members (excludes halogenated alkanes) is 4. The van der Waals surface area contributed by atoms with E-state index in [1.165, 1.54) is 0 Å². The summed E-state index contributed by atoms with van der Waals surface area (Å²) in [6.07, 6.45) is 5.62. The number of para-hydroxylation sites is 1. The fourth-order valence-electron chi connectivity index (χ4n) is 6.68. The van der Waals surface area contributed by atoms with E-state index in [9.17, 15) is 19.5 Å². The number of hydrogen-bond donors (Lipinski definition) is 3. The van der Waals surface area contributed by atoms with Crippen LogP contribution in [0.5, 0.6) is 0 Å². The maximum atomic E-state index is 14.0. The van der Waals surface area contributed by atoms with Crippen molar-refractivity contribution in [2.75, 3.05) is 25.0 Å². The monoisotopic (exact) mass is 499 g/mol. The van der Waals surface area contributed by atoms with Gasteiger partial charge in [0.25, 0.3) is 0 Å². The lowest BCUT2D eigenvalue weighted by molar-refractivity contribution is -0.146. The highest BCUT2D eigenvalue weighted by atomic mass is 16.5. The summed E-state index contributed by atoms with van der Waals surface area (Å²) in [4.78, 5) is 43.0. The Kier molecular flexibility index (Phi) is 8.05. The predicted molar refractivity (Wildman–Crippen MR) is 137 cm³/mol. The van der Waals surface area contributed by atoms with Gasteiger partial charge in [-0.2, -0.15) is 0 Å². The summed E-state index contributed by atoms with van der Waals surface area (Å²) in [5, 5.41) is 15.2. The number of ether oxygens (including phenoxy) is 1. The van der Waals surface area contributed by atoms with Crippen LogP contribution in [-0.2, 0) is 19.1 Å². The number of likely N-dealkylation sites (tertiary alicyclic amines) is 1. The first-order chi connectivity index (χ1) is 17.3. The van der Waals surface area contributed by atoms with Gasteiger partial charge in [0.1, 0.15) is 11.6 Å². The Bertz CT molecular complexity index is 956. The molecule has 198 valence electrons. The van der Waals surface area contributed by atoms with Gasteiger partial charge in [0.15, 0.2) is 0 Å². The van der Waals surface area contributed by atoms with Crippen LogP contribution in [0.25, 0.3) is 0 Å². The van der Waals surface area contributed by atoms with Crippen molar-refractivity contribution in [3.05, 3.63) is 30.3 Å². The molecule has 3 saturated heterocycles. The molecule has 3 amide bonds. The van der Waals surface area contributed by atoms with E-state index in [0.29, 0.717) is 38.0 Å². The molecule has 8 heteroatoms. The highest BCUT2D eigenvalue weighted by Gasteiger charge is 2.79. The van der Waals surface area contributed by atoms with Crippen LogP contribution in [0.4, 0.5) is 5.69 Å². The normalized spacial score (nSPS) is 32.6. The number of fused-ring (bicyclic) bond motifs is 1. The van der Waals surface area contributed by atoms with Crippen molar-refractivity contribution in [3.63, 3.8) is 0 Å². The number of carbonyl (C=O) groups is 3.